The predicted molar refractivity (Wildman–Crippen MR) is 116 cm³/mol. The second-order valence-electron chi connectivity index (χ2n) is 7.02. The lowest BCUT2D eigenvalue weighted by atomic mass is 10.1. The lowest BCUT2D eigenvalue weighted by molar-refractivity contribution is -0.115. The Hall–Kier alpha value is -3.08. The smallest absolute Gasteiger partial charge is 0.338 e. The number of nitrogens with one attached hydrogen (secondary N) is 1. The molecule has 32 heavy (non-hydrogen) atoms. The summed E-state index contributed by atoms with van der Waals surface area (Å²) in [5.41, 5.74) is 1.04. The van der Waals surface area contributed by atoms with E-state index < -0.39 is 28.4 Å². The van der Waals surface area contributed by atoms with Crippen LogP contribution in [0.1, 0.15) is 34.1 Å². The number of anilines is 1. The molecule has 1 aliphatic rings. The first kappa shape index (κ1) is 23.6. The van der Waals surface area contributed by atoms with Gasteiger partial charge in [0.15, 0.2) is 12.4 Å². The van der Waals surface area contributed by atoms with Crippen molar-refractivity contribution < 1.29 is 32.3 Å². The standard InChI is InChI=1S/C22H24N2O7S/c1-2-21(26)23-18-7-3-16(4-8-18)20(25)15-31-22(27)17-5-9-19(10-6-17)32(28,29)24-11-13-30-14-12-24/h3-10H,2,11-15H2,1H3,(H,23,26). The minimum Gasteiger partial charge on any atom is -0.454 e. The second-order valence-corrected chi connectivity index (χ2v) is 8.96. The number of ketones is 1. The fourth-order valence-electron chi connectivity index (χ4n) is 2.99. The third-order valence-electron chi connectivity index (χ3n) is 4.84. The number of hydrogen-bond acceptors (Lipinski definition) is 7. The minimum absolute atomic E-state index is 0.0716. The van der Waals surface area contributed by atoms with Crippen LogP contribution in [0.2, 0.25) is 0 Å². The molecule has 0 unspecified atom stereocenters. The third-order valence-corrected chi connectivity index (χ3v) is 6.76. The molecule has 3 rings (SSSR count). The summed E-state index contributed by atoms with van der Waals surface area (Å²) < 4.78 is 36.8. The number of ether oxygens (including phenoxy) is 2. The topological polar surface area (TPSA) is 119 Å². The van der Waals surface area contributed by atoms with Gasteiger partial charge < -0.3 is 14.8 Å². The average molecular weight is 461 g/mol. The van der Waals surface area contributed by atoms with Gasteiger partial charge in [-0.2, -0.15) is 4.31 Å². The van der Waals surface area contributed by atoms with E-state index in [0.717, 1.165) is 0 Å². The quantitative estimate of drug-likeness (QED) is 0.473. The fourth-order valence-corrected chi connectivity index (χ4v) is 4.39. The van der Waals surface area contributed by atoms with Gasteiger partial charge in [0.1, 0.15) is 0 Å². The van der Waals surface area contributed by atoms with Crippen molar-refractivity contribution in [2.24, 2.45) is 0 Å². The summed E-state index contributed by atoms with van der Waals surface area (Å²) in [7, 11) is -3.66. The lowest BCUT2D eigenvalue weighted by Gasteiger charge is -2.26. The Balaban J connectivity index is 1.56. The summed E-state index contributed by atoms with van der Waals surface area (Å²) in [5, 5.41) is 2.68. The number of carbonyl (C=O) groups excluding carboxylic acids is 3. The summed E-state index contributed by atoms with van der Waals surface area (Å²) in [4.78, 5) is 36.0. The van der Waals surface area contributed by atoms with E-state index in [1.54, 1.807) is 19.1 Å². The molecule has 1 aliphatic heterocycles. The Morgan fingerprint density at radius 1 is 0.969 bits per heavy atom. The van der Waals surface area contributed by atoms with Gasteiger partial charge >= 0.3 is 5.97 Å². The Bertz CT molecular complexity index is 1070. The number of carbonyl (C=O) groups is 3. The molecule has 0 bridgehead atoms. The molecule has 1 amide bonds. The van der Waals surface area contributed by atoms with Gasteiger partial charge in [-0.25, -0.2) is 13.2 Å². The highest BCUT2D eigenvalue weighted by molar-refractivity contribution is 7.89. The summed E-state index contributed by atoms with van der Waals surface area (Å²) in [6, 6.07) is 11.6. The normalized spacial score (nSPS) is 14.5. The monoisotopic (exact) mass is 460 g/mol. The highest BCUT2D eigenvalue weighted by Crippen LogP contribution is 2.18. The average Bonchev–Trinajstić information content (AvgIpc) is 2.83. The van der Waals surface area contributed by atoms with E-state index in [1.165, 1.54) is 40.7 Å². The molecule has 9 nitrogen and oxygen atoms in total. The van der Waals surface area contributed by atoms with Crippen molar-refractivity contribution in [2.75, 3.05) is 38.2 Å². The van der Waals surface area contributed by atoms with Crippen LogP contribution in [0.4, 0.5) is 5.69 Å². The Kier molecular flexibility index (Phi) is 7.73. The molecule has 2 aromatic carbocycles. The van der Waals surface area contributed by atoms with Gasteiger partial charge in [-0.3, -0.25) is 9.59 Å². The van der Waals surface area contributed by atoms with Crippen molar-refractivity contribution in [2.45, 2.75) is 18.2 Å². The number of Topliss-reactive ketones (excluding diaryl/α,β-unsaturated/α-hetero) is 1. The number of benzene rings is 2. The van der Waals surface area contributed by atoms with Gasteiger partial charge in [0.05, 0.1) is 23.7 Å². The zero-order valence-corrected chi connectivity index (χ0v) is 18.4. The van der Waals surface area contributed by atoms with Crippen LogP contribution in [-0.4, -0.2) is 63.3 Å². The number of rotatable bonds is 8. The summed E-state index contributed by atoms with van der Waals surface area (Å²) in [6.45, 7) is 2.51. The van der Waals surface area contributed by atoms with Crippen LogP contribution < -0.4 is 5.32 Å². The van der Waals surface area contributed by atoms with Gasteiger partial charge in [0.25, 0.3) is 0 Å². The van der Waals surface area contributed by atoms with Crippen LogP contribution in [0, 0.1) is 0 Å². The first-order valence-electron chi connectivity index (χ1n) is 10.1. The van der Waals surface area contributed by atoms with Crippen molar-refractivity contribution in [1.29, 1.82) is 0 Å². The first-order chi connectivity index (χ1) is 15.3. The number of hydrogen-bond donors (Lipinski definition) is 1. The molecule has 170 valence electrons. The largest absolute Gasteiger partial charge is 0.454 e. The van der Waals surface area contributed by atoms with Gasteiger partial charge in [-0.15, -0.1) is 0 Å². The van der Waals surface area contributed by atoms with Gasteiger partial charge in [-0.05, 0) is 48.5 Å². The zero-order valence-electron chi connectivity index (χ0n) is 17.6. The van der Waals surface area contributed by atoms with E-state index in [-0.39, 0.29) is 29.5 Å². The van der Waals surface area contributed by atoms with Crippen molar-refractivity contribution in [3.05, 3.63) is 59.7 Å². The van der Waals surface area contributed by atoms with E-state index in [4.69, 9.17) is 9.47 Å². The van der Waals surface area contributed by atoms with Gasteiger partial charge in [0.2, 0.25) is 15.9 Å². The van der Waals surface area contributed by atoms with Crippen LogP contribution in [0.3, 0.4) is 0 Å². The van der Waals surface area contributed by atoms with Gasteiger partial charge in [-0.1, -0.05) is 6.92 Å². The minimum atomic E-state index is -3.66. The highest BCUT2D eigenvalue weighted by Gasteiger charge is 2.26. The molecule has 1 N–H and O–H groups in total. The molecule has 10 heteroatoms. The predicted octanol–water partition coefficient (Wildman–Crippen LogP) is 2.10. The first-order valence-corrected chi connectivity index (χ1v) is 11.5. The Morgan fingerprint density at radius 2 is 1.56 bits per heavy atom. The fraction of sp³-hybridized carbons (Fsp3) is 0.318. The molecule has 1 saturated heterocycles. The molecule has 0 radical (unpaired) electrons. The number of morpholine rings is 1. The SMILES string of the molecule is CCC(=O)Nc1ccc(C(=O)COC(=O)c2ccc(S(=O)(=O)N3CCOCC3)cc2)cc1. The number of amides is 1. The summed E-state index contributed by atoms with van der Waals surface area (Å²) in [5.74, 6) is -1.28. The van der Waals surface area contributed by atoms with E-state index in [9.17, 15) is 22.8 Å². The molecule has 1 heterocycles. The van der Waals surface area contributed by atoms with E-state index in [2.05, 4.69) is 5.32 Å². The van der Waals surface area contributed by atoms with Crippen LogP contribution >= 0.6 is 0 Å². The van der Waals surface area contributed by atoms with Crippen LogP contribution in [0.25, 0.3) is 0 Å². The molecule has 0 saturated carbocycles. The van der Waals surface area contributed by atoms with Crippen molar-refractivity contribution in [1.82, 2.24) is 4.31 Å². The van der Waals surface area contributed by atoms with Crippen LogP contribution in [0.15, 0.2) is 53.4 Å². The number of esters is 1. The second kappa shape index (κ2) is 10.5. The summed E-state index contributed by atoms with van der Waals surface area (Å²) in [6.07, 6.45) is 0.344. The summed E-state index contributed by atoms with van der Waals surface area (Å²) >= 11 is 0. The van der Waals surface area contributed by atoms with Gasteiger partial charge in [0, 0.05) is 30.8 Å². The molecule has 0 aliphatic carbocycles. The van der Waals surface area contributed by atoms with Crippen molar-refractivity contribution in [3.8, 4) is 0 Å². The molecule has 0 aromatic heterocycles. The maximum Gasteiger partial charge on any atom is 0.338 e. The van der Waals surface area contributed by atoms with E-state index in [1.807, 2.05) is 0 Å². The lowest BCUT2D eigenvalue weighted by Crippen LogP contribution is -2.40. The maximum absolute atomic E-state index is 12.6. The maximum atomic E-state index is 12.6. The Morgan fingerprint density at radius 3 is 2.16 bits per heavy atom. The Labute approximate surface area is 186 Å². The molecular weight excluding hydrogens is 436 g/mol. The molecular formula is C22H24N2O7S. The van der Waals surface area contributed by atoms with E-state index in [0.29, 0.717) is 30.9 Å². The van der Waals surface area contributed by atoms with Crippen LogP contribution in [0.5, 0.6) is 0 Å². The highest BCUT2D eigenvalue weighted by atomic mass is 32.2. The molecule has 0 atom stereocenters. The third kappa shape index (κ3) is 5.78. The van der Waals surface area contributed by atoms with Crippen molar-refractivity contribution >= 4 is 33.4 Å². The zero-order chi connectivity index (χ0) is 23.1. The molecule has 0 spiro atoms. The van der Waals surface area contributed by atoms with E-state index >= 15 is 0 Å². The van der Waals surface area contributed by atoms with Crippen molar-refractivity contribution in [3.63, 3.8) is 0 Å². The number of sulfonamides is 1. The molecule has 2 aromatic rings. The number of nitrogens with zero attached hydrogens (tertiary/aromatic N) is 1. The molecule has 1 fully saturated rings. The van der Waals surface area contributed by atoms with Crippen LogP contribution in [-0.2, 0) is 24.3 Å².